The van der Waals surface area contributed by atoms with Crippen LogP contribution in [0.2, 0.25) is 5.02 Å². The van der Waals surface area contributed by atoms with Gasteiger partial charge in [0.25, 0.3) is 0 Å². The van der Waals surface area contributed by atoms with Crippen molar-refractivity contribution in [3.8, 4) is 0 Å². The monoisotopic (exact) mass is 368 g/mol. The van der Waals surface area contributed by atoms with Gasteiger partial charge >= 0.3 is 0 Å². The minimum absolute atomic E-state index is 0.646. The Morgan fingerprint density at radius 1 is 1.19 bits per heavy atom. The van der Waals surface area contributed by atoms with Crippen LogP contribution in [-0.2, 0) is 6.42 Å². The number of nitrogens with one attached hydrogen (secondary N) is 2. The fourth-order valence-corrected chi connectivity index (χ4v) is 2.69. The summed E-state index contributed by atoms with van der Waals surface area (Å²) in [5.74, 6) is 1.67. The summed E-state index contributed by atoms with van der Waals surface area (Å²) in [6.07, 6.45) is 3.45. The second-order valence-electron chi connectivity index (χ2n) is 4.58. The first-order valence-corrected chi connectivity index (χ1v) is 8.12. The summed E-state index contributed by atoms with van der Waals surface area (Å²) in [6, 6.07) is 5.72. The molecular formula is C15H18BrClN4. The van der Waals surface area contributed by atoms with Crippen molar-refractivity contribution in [1.82, 2.24) is 9.97 Å². The highest BCUT2D eigenvalue weighted by molar-refractivity contribution is 9.10. The largest absolute Gasteiger partial charge is 0.370 e. The Morgan fingerprint density at radius 3 is 2.62 bits per heavy atom. The van der Waals surface area contributed by atoms with Gasteiger partial charge in [-0.25, -0.2) is 9.97 Å². The summed E-state index contributed by atoms with van der Waals surface area (Å²) in [6.45, 7) is 5.10. The summed E-state index contributed by atoms with van der Waals surface area (Å²) in [7, 11) is 0. The Balaban J connectivity index is 2.30. The van der Waals surface area contributed by atoms with Crippen LogP contribution in [0.4, 0.5) is 17.3 Å². The van der Waals surface area contributed by atoms with Gasteiger partial charge in [-0.2, -0.15) is 0 Å². The number of nitrogens with zero attached hydrogens (tertiary/aromatic N) is 2. The smallest absolute Gasteiger partial charge is 0.139 e. The van der Waals surface area contributed by atoms with E-state index >= 15 is 0 Å². The zero-order chi connectivity index (χ0) is 15.2. The lowest BCUT2D eigenvalue weighted by molar-refractivity contribution is 0.949. The molecule has 1 aromatic carbocycles. The van der Waals surface area contributed by atoms with Crippen LogP contribution in [0.5, 0.6) is 0 Å². The molecule has 0 unspecified atom stereocenters. The van der Waals surface area contributed by atoms with E-state index in [1.165, 1.54) is 0 Å². The van der Waals surface area contributed by atoms with E-state index in [0.29, 0.717) is 5.02 Å². The molecule has 0 aliphatic heterocycles. The maximum Gasteiger partial charge on any atom is 0.139 e. The van der Waals surface area contributed by atoms with Crippen LogP contribution in [0.25, 0.3) is 0 Å². The molecule has 0 amide bonds. The van der Waals surface area contributed by atoms with Gasteiger partial charge in [0.05, 0.1) is 10.7 Å². The molecule has 6 heteroatoms. The first-order valence-electron chi connectivity index (χ1n) is 6.95. The average Bonchev–Trinajstić information content (AvgIpc) is 2.48. The number of halogens is 2. The fraction of sp³-hybridized carbons (Fsp3) is 0.333. The van der Waals surface area contributed by atoms with Crippen LogP contribution < -0.4 is 10.6 Å². The Hall–Kier alpha value is -1.33. The van der Waals surface area contributed by atoms with Gasteiger partial charge in [0.1, 0.15) is 18.0 Å². The fourth-order valence-electron chi connectivity index (χ4n) is 1.97. The van der Waals surface area contributed by atoms with E-state index in [9.17, 15) is 0 Å². The van der Waals surface area contributed by atoms with Crippen molar-refractivity contribution in [3.05, 3.63) is 39.6 Å². The van der Waals surface area contributed by atoms with Gasteiger partial charge < -0.3 is 10.6 Å². The van der Waals surface area contributed by atoms with Crippen molar-refractivity contribution in [3.63, 3.8) is 0 Å². The minimum atomic E-state index is 0.646. The molecule has 0 aliphatic rings. The Bertz CT molecular complexity index is 619. The number of hydrogen-bond acceptors (Lipinski definition) is 4. The molecule has 0 fully saturated rings. The van der Waals surface area contributed by atoms with E-state index in [-0.39, 0.29) is 0 Å². The van der Waals surface area contributed by atoms with Gasteiger partial charge in [0.2, 0.25) is 0 Å². The quantitative estimate of drug-likeness (QED) is 0.750. The topological polar surface area (TPSA) is 49.8 Å². The summed E-state index contributed by atoms with van der Waals surface area (Å²) in [5, 5.41) is 7.27. The molecule has 2 N–H and O–H groups in total. The van der Waals surface area contributed by atoms with Gasteiger partial charge in [0.15, 0.2) is 0 Å². The highest BCUT2D eigenvalue weighted by Gasteiger charge is 2.11. The summed E-state index contributed by atoms with van der Waals surface area (Å²) < 4.78 is 0.946. The van der Waals surface area contributed by atoms with E-state index in [1.54, 1.807) is 6.33 Å². The lowest BCUT2D eigenvalue weighted by Crippen LogP contribution is -2.08. The van der Waals surface area contributed by atoms with Crippen molar-refractivity contribution in [2.45, 2.75) is 26.7 Å². The normalized spacial score (nSPS) is 10.5. The maximum absolute atomic E-state index is 6.25. The third-order valence-electron chi connectivity index (χ3n) is 3.03. The Labute approximate surface area is 138 Å². The van der Waals surface area contributed by atoms with E-state index in [2.05, 4.69) is 50.4 Å². The van der Waals surface area contributed by atoms with E-state index in [4.69, 9.17) is 11.6 Å². The third kappa shape index (κ3) is 4.08. The summed E-state index contributed by atoms with van der Waals surface area (Å²) >= 11 is 9.65. The average molecular weight is 370 g/mol. The number of hydrogen-bond donors (Lipinski definition) is 2. The Morgan fingerprint density at radius 2 is 1.95 bits per heavy atom. The molecule has 0 atom stereocenters. The molecule has 1 heterocycles. The van der Waals surface area contributed by atoms with Crippen molar-refractivity contribution < 1.29 is 0 Å². The highest BCUT2D eigenvalue weighted by Crippen LogP contribution is 2.30. The first kappa shape index (κ1) is 16.0. The molecular weight excluding hydrogens is 352 g/mol. The van der Waals surface area contributed by atoms with E-state index in [0.717, 1.165) is 46.7 Å². The number of anilines is 3. The molecule has 0 spiro atoms. The molecule has 2 rings (SSSR count). The van der Waals surface area contributed by atoms with Crippen LogP contribution >= 0.6 is 27.5 Å². The van der Waals surface area contributed by atoms with Crippen LogP contribution in [0.3, 0.4) is 0 Å². The lowest BCUT2D eigenvalue weighted by atomic mass is 10.2. The first-order chi connectivity index (χ1) is 10.2. The molecule has 2 aromatic rings. The third-order valence-corrected chi connectivity index (χ3v) is 3.83. The van der Waals surface area contributed by atoms with Crippen LogP contribution in [0.15, 0.2) is 29.0 Å². The zero-order valence-electron chi connectivity index (χ0n) is 12.1. The summed E-state index contributed by atoms with van der Waals surface area (Å²) in [4.78, 5) is 8.67. The zero-order valence-corrected chi connectivity index (χ0v) is 14.4. The van der Waals surface area contributed by atoms with Crippen molar-refractivity contribution in [2.75, 3.05) is 17.2 Å². The summed E-state index contributed by atoms with van der Waals surface area (Å²) in [5.41, 5.74) is 1.89. The van der Waals surface area contributed by atoms with Gasteiger partial charge in [-0.1, -0.05) is 41.4 Å². The van der Waals surface area contributed by atoms with Gasteiger partial charge in [-0.15, -0.1) is 0 Å². The molecule has 0 bridgehead atoms. The molecule has 0 aliphatic carbocycles. The predicted molar refractivity (Wildman–Crippen MR) is 92.6 cm³/mol. The minimum Gasteiger partial charge on any atom is -0.370 e. The van der Waals surface area contributed by atoms with E-state index in [1.807, 2.05) is 18.2 Å². The molecule has 112 valence electrons. The maximum atomic E-state index is 6.25. The van der Waals surface area contributed by atoms with Gasteiger partial charge in [-0.3, -0.25) is 0 Å². The second-order valence-corrected chi connectivity index (χ2v) is 5.90. The molecule has 21 heavy (non-hydrogen) atoms. The van der Waals surface area contributed by atoms with Crippen LogP contribution in [0, 0.1) is 0 Å². The molecule has 0 saturated heterocycles. The predicted octanol–water partition coefficient (Wildman–Crippen LogP) is 5.02. The Kier molecular flexibility index (Phi) is 5.82. The molecule has 1 aromatic heterocycles. The van der Waals surface area contributed by atoms with Crippen LogP contribution in [-0.4, -0.2) is 16.5 Å². The highest BCUT2D eigenvalue weighted by atomic mass is 79.9. The molecule has 4 nitrogen and oxygen atoms in total. The lowest BCUT2D eigenvalue weighted by Gasteiger charge is -2.15. The second kappa shape index (κ2) is 7.61. The number of aromatic nitrogens is 2. The van der Waals surface area contributed by atoms with Crippen LogP contribution in [0.1, 0.15) is 25.8 Å². The van der Waals surface area contributed by atoms with Gasteiger partial charge in [0, 0.05) is 16.6 Å². The number of rotatable bonds is 6. The molecule has 0 saturated carbocycles. The van der Waals surface area contributed by atoms with Crippen molar-refractivity contribution in [2.24, 2.45) is 0 Å². The number of benzene rings is 1. The van der Waals surface area contributed by atoms with Gasteiger partial charge in [-0.05, 0) is 31.0 Å². The standard InChI is InChI=1S/C15H18BrClN4/c1-3-7-18-14-11(4-2)15(20-9-19-14)21-13-6-5-10(16)8-12(13)17/h5-6,8-9H,3-4,7H2,1-2H3,(H2,18,19,20,21). The molecule has 0 radical (unpaired) electrons. The SMILES string of the molecule is CCCNc1ncnc(Nc2ccc(Br)cc2Cl)c1CC. The van der Waals surface area contributed by atoms with E-state index < -0.39 is 0 Å². The van der Waals surface area contributed by atoms with Crippen molar-refractivity contribution >= 4 is 44.9 Å². The van der Waals surface area contributed by atoms with Crippen molar-refractivity contribution in [1.29, 1.82) is 0 Å².